The van der Waals surface area contributed by atoms with E-state index < -0.39 is 4.75 Å². The minimum absolute atomic E-state index is 0.293. The number of hydrogen-bond donors (Lipinski definition) is 0. The van der Waals surface area contributed by atoms with Crippen LogP contribution in [0.2, 0.25) is 0 Å². The van der Waals surface area contributed by atoms with Gasteiger partial charge in [0.05, 0.1) is 6.61 Å². The fourth-order valence-electron chi connectivity index (χ4n) is 0.561. The Morgan fingerprint density at radius 1 is 1.50 bits per heavy atom. The van der Waals surface area contributed by atoms with Crippen molar-refractivity contribution in [3.05, 3.63) is 0 Å². The highest BCUT2D eigenvalue weighted by Gasteiger charge is 2.25. The Balaban J connectivity index is 3.59. The smallest absolute Gasteiger partial charge is 0.322 e. The lowest BCUT2D eigenvalue weighted by molar-refractivity contribution is -0.145. The Labute approximate surface area is 80.1 Å². The molecular weight excluding hydrogens is 172 g/mol. The Morgan fingerprint density at radius 3 is 2.33 bits per heavy atom. The van der Waals surface area contributed by atoms with Crippen molar-refractivity contribution in [3.8, 4) is 0 Å². The SMILES string of the molecule is CC(C)CCOC(=O)C(C)(C)[S]. The van der Waals surface area contributed by atoms with E-state index in [1.54, 1.807) is 13.8 Å². The molecule has 0 aromatic heterocycles. The first-order valence-corrected chi connectivity index (χ1v) is 4.62. The number of carbonyl (C=O) groups excluding carboxylic acids is 1. The van der Waals surface area contributed by atoms with Gasteiger partial charge < -0.3 is 4.74 Å². The Morgan fingerprint density at radius 2 is 2.00 bits per heavy atom. The molecule has 0 amide bonds. The average molecular weight is 189 g/mol. The molecule has 0 aliphatic heterocycles. The van der Waals surface area contributed by atoms with Crippen molar-refractivity contribution in [1.82, 2.24) is 0 Å². The van der Waals surface area contributed by atoms with E-state index in [2.05, 4.69) is 13.8 Å². The summed E-state index contributed by atoms with van der Waals surface area (Å²) in [6, 6.07) is 0. The summed E-state index contributed by atoms with van der Waals surface area (Å²) in [5.74, 6) is 0.268. The van der Waals surface area contributed by atoms with Gasteiger partial charge in [-0.25, -0.2) is 0 Å². The van der Waals surface area contributed by atoms with Gasteiger partial charge in [-0.2, -0.15) is 0 Å². The zero-order chi connectivity index (χ0) is 9.78. The van der Waals surface area contributed by atoms with Crippen LogP contribution in [0.1, 0.15) is 34.1 Å². The predicted octanol–water partition coefficient (Wildman–Crippen LogP) is 2.55. The summed E-state index contributed by atoms with van der Waals surface area (Å²) in [7, 11) is 0. The van der Waals surface area contributed by atoms with Crippen molar-refractivity contribution < 1.29 is 9.53 Å². The summed E-state index contributed by atoms with van der Waals surface area (Å²) >= 11 is 4.91. The van der Waals surface area contributed by atoms with Crippen molar-refractivity contribution in [2.45, 2.75) is 38.9 Å². The summed E-state index contributed by atoms with van der Waals surface area (Å²) in [6.07, 6.45) is 0.900. The Hall–Kier alpha value is -0.180. The third-order valence-electron chi connectivity index (χ3n) is 1.42. The quantitative estimate of drug-likeness (QED) is 0.635. The molecule has 0 spiro atoms. The minimum Gasteiger partial charge on any atom is -0.465 e. The molecule has 0 rings (SSSR count). The van der Waals surface area contributed by atoms with Crippen LogP contribution in [0, 0.1) is 5.92 Å². The fourth-order valence-corrected chi connectivity index (χ4v) is 0.620. The van der Waals surface area contributed by atoms with Gasteiger partial charge in [-0.3, -0.25) is 4.79 Å². The molecule has 0 aromatic carbocycles. The van der Waals surface area contributed by atoms with Crippen LogP contribution in [0.15, 0.2) is 0 Å². The molecule has 0 unspecified atom stereocenters. The van der Waals surface area contributed by atoms with Crippen molar-refractivity contribution in [1.29, 1.82) is 0 Å². The monoisotopic (exact) mass is 189 g/mol. The Kier molecular flexibility index (Phi) is 4.68. The molecule has 0 aliphatic rings. The van der Waals surface area contributed by atoms with Gasteiger partial charge in [-0.1, -0.05) is 26.5 Å². The number of esters is 1. The van der Waals surface area contributed by atoms with Gasteiger partial charge in [-0.15, -0.1) is 0 Å². The average Bonchev–Trinajstić information content (AvgIpc) is 1.84. The van der Waals surface area contributed by atoms with Gasteiger partial charge in [-0.05, 0) is 26.2 Å². The van der Waals surface area contributed by atoms with Gasteiger partial charge in [0, 0.05) is 0 Å². The van der Waals surface area contributed by atoms with E-state index in [-0.39, 0.29) is 5.97 Å². The molecule has 0 saturated carbocycles. The van der Waals surface area contributed by atoms with Crippen LogP contribution in [-0.2, 0) is 9.53 Å². The lowest BCUT2D eigenvalue weighted by atomic mass is 10.1. The fraction of sp³-hybridized carbons (Fsp3) is 0.889. The van der Waals surface area contributed by atoms with E-state index in [9.17, 15) is 4.79 Å². The maximum absolute atomic E-state index is 11.1. The van der Waals surface area contributed by atoms with Crippen LogP contribution >= 0.6 is 12.6 Å². The first-order chi connectivity index (χ1) is 5.34. The standard InChI is InChI=1S/C9H17O2S/c1-7(2)5-6-11-8(10)9(3,4)12/h7H,5-6H2,1-4H3. The topological polar surface area (TPSA) is 26.3 Å². The Bertz CT molecular complexity index is 147. The summed E-state index contributed by atoms with van der Waals surface area (Å²) in [6.45, 7) is 8.02. The highest BCUT2D eigenvalue weighted by molar-refractivity contribution is 7.82. The number of hydrogen-bond acceptors (Lipinski definition) is 2. The lowest BCUT2D eigenvalue weighted by Gasteiger charge is -2.15. The lowest BCUT2D eigenvalue weighted by Crippen LogP contribution is -2.27. The van der Waals surface area contributed by atoms with Crippen molar-refractivity contribution in [3.63, 3.8) is 0 Å². The molecule has 0 heterocycles. The predicted molar refractivity (Wildman–Crippen MR) is 52.1 cm³/mol. The van der Waals surface area contributed by atoms with E-state index >= 15 is 0 Å². The van der Waals surface area contributed by atoms with Crippen molar-refractivity contribution in [2.75, 3.05) is 6.61 Å². The largest absolute Gasteiger partial charge is 0.465 e. The normalized spacial score (nSPS) is 11.8. The molecule has 0 fully saturated rings. The summed E-state index contributed by atoms with van der Waals surface area (Å²) < 4.78 is 4.19. The van der Waals surface area contributed by atoms with Gasteiger partial charge >= 0.3 is 5.97 Å². The van der Waals surface area contributed by atoms with E-state index in [1.807, 2.05) is 0 Å². The number of ether oxygens (including phenoxy) is 1. The van der Waals surface area contributed by atoms with Crippen molar-refractivity contribution >= 4 is 18.6 Å². The molecule has 2 nitrogen and oxygen atoms in total. The van der Waals surface area contributed by atoms with Gasteiger partial charge in [0.2, 0.25) is 0 Å². The number of carbonyl (C=O) groups is 1. The van der Waals surface area contributed by atoms with Crippen LogP contribution in [0.5, 0.6) is 0 Å². The summed E-state index contributed by atoms with van der Waals surface area (Å²) in [5, 5.41) is 0. The first-order valence-electron chi connectivity index (χ1n) is 4.21. The van der Waals surface area contributed by atoms with E-state index in [1.165, 1.54) is 0 Å². The minimum atomic E-state index is -0.781. The molecule has 0 aliphatic carbocycles. The van der Waals surface area contributed by atoms with E-state index in [0.29, 0.717) is 12.5 Å². The molecule has 0 bridgehead atoms. The van der Waals surface area contributed by atoms with Gasteiger partial charge in [0.25, 0.3) is 0 Å². The van der Waals surface area contributed by atoms with E-state index in [0.717, 1.165) is 6.42 Å². The molecule has 0 N–H and O–H groups in total. The second-order valence-corrected chi connectivity index (χ2v) is 4.85. The number of rotatable bonds is 4. The molecule has 3 heteroatoms. The summed E-state index contributed by atoms with van der Waals surface area (Å²) in [5.41, 5.74) is 0. The van der Waals surface area contributed by atoms with Crippen LogP contribution in [0.3, 0.4) is 0 Å². The molecular formula is C9H17O2S. The highest BCUT2D eigenvalue weighted by Crippen LogP contribution is 2.14. The third kappa shape index (κ3) is 5.47. The van der Waals surface area contributed by atoms with Crippen LogP contribution in [0.25, 0.3) is 0 Å². The zero-order valence-electron chi connectivity index (χ0n) is 8.22. The molecule has 1 radical (unpaired) electrons. The highest BCUT2D eigenvalue weighted by atomic mass is 32.1. The second kappa shape index (κ2) is 4.75. The second-order valence-electron chi connectivity index (χ2n) is 3.83. The van der Waals surface area contributed by atoms with Crippen LogP contribution < -0.4 is 0 Å². The molecule has 0 aromatic rings. The molecule has 71 valence electrons. The molecule has 0 saturated heterocycles. The first kappa shape index (κ1) is 11.8. The maximum atomic E-state index is 11.1. The maximum Gasteiger partial charge on any atom is 0.322 e. The van der Waals surface area contributed by atoms with Crippen LogP contribution in [-0.4, -0.2) is 17.3 Å². The summed E-state index contributed by atoms with van der Waals surface area (Å²) in [4.78, 5) is 11.1. The van der Waals surface area contributed by atoms with Gasteiger partial charge in [0.15, 0.2) is 0 Å². The van der Waals surface area contributed by atoms with Gasteiger partial charge in [0.1, 0.15) is 4.75 Å². The molecule has 0 atom stereocenters. The van der Waals surface area contributed by atoms with Crippen molar-refractivity contribution in [2.24, 2.45) is 5.92 Å². The molecule has 12 heavy (non-hydrogen) atoms. The zero-order valence-corrected chi connectivity index (χ0v) is 9.03. The van der Waals surface area contributed by atoms with Crippen LogP contribution in [0.4, 0.5) is 0 Å². The van der Waals surface area contributed by atoms with E-state index in [4.69, 9.17) is 17.4 Å². The third-order valence-corrected chi connectivity index (χ3v) is 1.59.